The molecule has 1 N–H and O–H groups in total. The number of rotatable bonds is 6. The summed E-state index contributed by atoms with van der Waals surface area (Å²) in [5, 5.41) is 11.8. The number of nitrogens with zero attached hydrogens (tertiary/aromatic N) is 1. The molecule has 0 aliphatic heterocycles. The fraction of sp³-hybridized carbons (Fsp3) is 0.211. The van der Waals surface area contributed by atoms with Gasteiger partial charge in [-0.1, -0.05) is 17.7 Å². The fourth-order valence-corrected chi connectivity index (χ4v) is 2.57. The summed E-state index contributed by atoms with van der Waals surface area (Å²) in [5.41, 5.74) is 2.78. The van der Waals surface area contributed by atoms with E-state index in [-0.39, 0.29) is 6.61 Å². The molecule has 0 saturated carbocycles. The molecule has 0 saturated heterocycles. The summed E-state index contributed by atoms with van der Waals surface area (Å²) in [6.07, 6.45) is 0. The highest BCUT2D eigenvalue weighted by atomic mass is 35.5. The average Bonchev–Trinajstić information content (AvgIpc) is 2.61. The van der Waals surface area contributed by atoms with Crippen LogP contribution in [-0.4, -0.2) is 25.1 Å². The van der Waals surface area contributed by atoms with Gasteiger partial charge >= 0.3 is 5.97 Å². The minimum Gasteiger partial charge on any atom is -0.482 e. The Kier molecular flexibility index (Phi) is 6.59. The van der Waals surface area contributed by atoms with Crippen LogP contribution < -0.4 is 10.1 Å². The Labute approximate surface area is 156 Å². The smallest absolute Gasteiger partial charge is 0.344 e. The lowest BCUT2D eigenvalue weighted by atomic mass is 10.1. The topological polar surface area (TPSA) is 88.4 Å². The van der Waals surface area contributed by atoms with Gasteiger partial charge in [0.1, 0.15) is 5.75 Å². The predicted molar refractivity (Wildman–Crippen MR) is 97.2 cm³/mol. The first-order valence-electron chi connectivity index (χ1n) is 7.74. The van der Waals surface area contributed by atoms with E-state index >= 15 is 0 Å². The Bertz CT molecular complexity index is 834. The van der Waals surface area contributed by atoms with Gasteiger partial charge in [-0.3, -0.25) is 4.79 Å². The molecule has 0 aliphatic carbocycles. The Morgan fingerprint density at radius 2 is 1.85 bits per heavy atom. The molecule has 1 amide bonds. The normalized spacial score (nSPS) is 9.92. The van der Waals surface area contributed by atoms with E-state index in [1.54, 1.807) is 30.3 Å². The Morgan fingerprint density at radius 1 is 1.15 bits per heavy atom. The highest BCUT2D eigenvalue weighted by molar-refractivity contribution is 6.34. The number of carbonyl (C=O) groups is 2. The third-order valence-corrected chi connectivity index (χ3v) is 3.70. The average molecular weight is 373 g/mol. The molecular weight excluding hydrogens is 356 g/mol. The lowest BCUT2D eigenvalue weighted by molar-refractivity contribution is -0.149. The van der Waals surface area contributed by atoms with Crippen molar-refractivity contribution in [2.24, 2.45) is 0 Å². The summed E-state index contributed by atoms with van der Waals surface area (Å²) in [4.78, 5) is 23.6. The SMILES string of the molecule is Cc1cc(C)c(NC(=O)COC(=O)COc2ccc(C#N)cc2)c(Cl)c1. The molecule has 0 heterocycles. The van der Waals surface area contributed by atoms with E-state index < -0.39 is 18.5 Å². The zero-order valence-corrected chi connectivity index (χ0v) is 15.1. The minimum atomic E-state index is -0.684. The molecule has 134 valence electrons. The predicted octanol–water partition coefficient (Wildman–Crippen LogP) is 3.39. The van der Waals surface area contributed by atoms with Crippen molar-refractivity contribution in [3.8, 4) is 11.8 Å². The number of nitriles is 1. The van der Waals surface area contributed by atoms with Crippen molar-refractivity contribution in [2.45, 2.75) is 13.8 Å². The van der Waals surface area contributed by atoms with E-state index in [2.05, 4.69) is 5.32 Å². The zero-order valence-electron chi connectivity index (χ0n) is 14.3. The molecule has 0 fully saturated rings. The maximum absolute atomic E-state index is 11.9. The molecule has 0 spiro atoms. The monoisotopic (exact) mass is 372 g/mol. The second-order valence-corrected chi connectivity index (χ2v) is 5.98. The van der Waals surface area contributed by atoms with Crippen LogP contribution in [-0.2, 0) is 14.3 Å². The van der Waals surface area contributed by atoms with Gasteiger partial charge in [0.15, 0.2) is 13.2 Å². The molecule has 6 nitrogen and oxygen atoms in total. The molecule has 0 bridgehead atoms. The molecule has 0 atom stereocenters. The van der Waals surface area contributed by atoms with Crippen molar-refractivity contribution in [1.29, 1.82) is 5.26 Å². The molecule has 0 aromatic heterocycles. The first-order chi connectivity index (χ1) is 12.4. The maximum atomic E-state index is 11.9. The second-order valence-electron chi connectivity index (χ2n) is 5.57. The van der Waals surface area contributed by atoms with Gasteiger partial charge in [0, 0.05) is 0 Å². The van der Waals surface area contributed by atoms with Gasteiger partial charge in [0.25, 0.3) is 5.91 Å². The van der Waals surface area contributed by atoms with E-state index in [1.807, 2.05) is 26.0 Å². The zero-order chi connectivity index (χ0) is 19.1. The van der Waals surface area contributed by atoms with E-state index in [4.69, 9.17) is 26.3 Å². The summed E-state index contributed by atoms with van der Waals surface area (Å²) in [6, 6.07) is 11.9. The van der Waals surface area contributed by atoms with Gasteiger partial charge in [-0.2, -0.15) is 5.26 Å². The number of carbonyl (C=O) groups excluding carboxylic acids is 2. The summed E-state index contributed by atoms with van der Waals surface area (Å²) in [5.74, 6) is -0.755. The van der Waals surface area contributed by atoms with E-state index in [9.17, 15) is 9.59 Å². The minimum absolute atomic E-state index is 0.344. The van der Waals surface area contributed by atoms with Gasteiger partial charge in [0.2, 0.25) is 0 Å². The number of amides is 1. The Morgan fingerprint density at radius 3 is 2.46 bits per heavy atom. The van der Waals surface area contributed by atoms with Crippen molar-refractivity contribution in [2.75, 3.05) is 18.5 Å². The molecule has 2 aromatic carbocycles. The molecule has 0 unspecified atom stereocenters. The molecule has 2 rings (SSSR count). The number of ether oxygens (including phenoxy) is 2. The lowest BCUT2D eigenvalue weighted by Crippen LogP contribution is -2.24. The molecular formula is C19H17ClN2O4. The van der Waals surface area contributed by atoms with Gasteiger partial charge in [-0.15, -0.1) is 0 Å². The molecule has 26 heavy (non-hydrogen) atoms. The molecule has 2 aromatic rings. The lowest BCUT2D eigenvalue weighted by Gasteiger charge is -2.12. The summed E-state index contributed by atoms with van der Waals surface area (Å²) in [6.45, 7) is 2.94. The third kappa shape index (κ3) is 5.50. The van der Waals surface area contributed by atoms with Crippen LogP contribution in [0.2, 0.25) is 5.02 Å². The summed E-state index contributed by atoms with van der Waals surface area (Å²) < 4.78 is 10.1. The highest BCUT2D eigenvalue weighted by Gasteiger charge is 2.12. The molecule has 0 radical (unpaired) electrons. The number of aryl methyl sites for hydroxylation is 2. The standard InChI is InChI=1S/C19H17ClN2O4/c1-12-7-13(2)19(16(20)8-12)22-17(23)10-26-18(24)11-25-15-5-3-14(9-21)4-6-15/h3-8H,10-11H2,1-2H3,(H,22,23). The van der Waals surface area contributed by atoms with E-state index in [1.165, 1.54) is 0 Å². The van der Waals surface area contributed by atoms with Gasteiger partial charge < -0.3 is 14.8 Å². The Hall–Kier alpha value is -3.04. The van der Waals surface area contributed by atoms with Crippen LogP contribution in [0.1, 0.15) is 16.7 Å². The number of halogens is 1. The first kappa shape index (κ1) is 19.3. The summed E-state index contributed by atoms with van der Waals surface area (Å²) >= 11 is 6.12. The van der Waals surface area contributed by atoms with Crippen LogP contribution in [0, 0.1) is 25.2 Å². The summed E-state index contributed by atoms with van der Waals surface area (Å²) in [7, 11) is 0. The molecule has 0 aliphatic rings. The second kappa shape index (κ2) is 8.88. The maximum Gasteiger partial charge on any atom is 0.344 e. The number of benzene rings is 2. The number of esters is 1. The van der Waals surface area contributed by atoms with Crippen LogP contribution in [0.15, 0.2) is 36.4 Å². The van der Waals surface area contributed by atoms with Crippen LogP contribution in [0.3, 0.4) is 0 Å². The van der Waals surface area contributed by atoms with Gasteiger partial charge in [0.05, 0.1) is 22.3 Å². The van der Waals surface area contributed by atoms with E-state index in [0.717, 1.165) is 11.1 Å². The van der Waals surface area contributed by atoms with Crippen LogP contribution in [0.4, 0.5) is 5.69 Å². The van der Waals surface area contributed by atoms with Crippen LogP contribution in [0.25, 0.3) is 0 Å². The number of hydrogen-bond acceptors (Lipinski definition) is 5. The van der Waals surface area contributed by atoms with Crippen molar-refractivity contribution < 1.29 is 19.1 Å². The quantitative estimate of drug-likeness (QED) is 0.785. The fourth-order valence-electron chi connectivity index (χ4n) is 2.21. The Balaban J connectivity index is 1.80. The largest absolute Gasteiger partial charge is 0.482 e. The van der Waals surface area contributed by atoms with E-state index in [0.29, 0.717) is 22.0 Å². The van der Waals surface area contributed by atoms with Crippen LogP contribution in [0.5, 0.6) is 5.75 Å². The number of hydrogen-bond donors (Lipinski definition) is 1. The van der Waals surface area contributed by atoms with Crippen molar-refractivity contribution in [3.05, 3.63) is 58.1 Å². The van der Waals surface area contributed by atoms with Crippen molar-refractivity contribution in [3.63, 3.8) is 0 Å². The van der Waals surface area contributed by atoms with Crippen molar-refractivity contribution in [1.82, 2.24) is 0 Å². The first-order valence-corrected chi connectivity index (χ1v) is 8.12. The number of nitrogens with one attached hydrogen (secondary N) is 1. The van der Waals surface area contributed by atoms with Gasteiger partial charge in [-0.05, 0) is 55.3 Å². The molecule has 7 heteroatoms. The highest BCUT2D eigenvalue weighted by Crippen LogP contribution is 2.27. The number of anilines is 1. The van der Waals surface area contributed by atoms with Crippen molar-refractivity contribution >= 4 is 29.2 Å². The van der Waals surface area contributed by atoms with Crippen LogP contribution >= 0.6 is 11.6 Å². The van der Waals surface area contributed by atoms with Gasteiger partial charge in [-0.25, -0.2) is 4.79 Å². The third-order valence-electron chi connectivity index (χ3n) is 3.40.